The van der Waals surface area contributed by atoms with Gasteiger partial charge in [-0.3, -0.25) is 19.7 Å². The number of thiazole rings is 1. The Kier molecular flexibility index (Phi) is 4.44. The third kappa shape index (κ3) is 3.35. The second-order valence-electron chi connectivity index (χ2n) is 5.72. The maximum absolute atomic E-state index is 12.4. The van der Waals surface area contributed by atoms with Gasteiger partial charge in [0.2, 0.25) is 5.91 Å². The molecule has 2 heterocycles. The molecule has 3 rings (SSSR count). The van der Waals surface area contributed by atoms with E-state index >= 15 is 0 Å². The Morgan fingerprint density at radius 3 is 2.79 bits per heavy atom. The SMILES string of the molecule is CC(=O)c1sc(NC(=O)c2ccc3c(c2)CCCC(=O)N3)nc1C. The van der Waals surface area contributed by atoms with Gasteiger partial charge >= 0.3 is 0 Å². The third-order valence-corrected chi connectivity index (χ3v) is 5.00. The number of amides is 2. The van der Waals surface area contributed by atoms with Crippen molar-refractivity contribution < 1.29 is 14.4 Å². The highest BCUT2D eigenvalue weighted by Crippen LogP contribution is 2.26. The molecule has 1 aliphatic rings. The molecule has 1 aromatic carbocycles. The summed E-state index contributed by atoms with van der Waals surface area (Å²) in [5.41, 5.74) is 2.83. The number of fused-ring (bicyclic) bond motifs is 1. The molecule has 2 aromatic rings. The highest BCUT2D eigenvalue weighted by Gasteiger charge is 2.17. The first-order chi connectivity index (χ1) is 11.4. The number of benzene rings is 1. The highest BCUT2D eigenvalue weighted by molar-refractivity contribution is 7.17. The van der Waals surface area contributed by atoms with Crippen LogP contribution in [0.15, 0.2) is 18.2 Å². The molecule has 0 fully saturated rings. The molecular weight excluding hydrogens is 326 g/mol. The van der Waals surface area contributed by atoms with Crippen LogP contribution in [0.2, 0.25) is 0 Å². The standard InChI is InChI=1S/C17H17N3O3S/c1-9-15(10(2)21)24-17(18-9)20-16(23)12-6-7-13-11(8-12)4-3-5-14(22)19-13/h6-8H,3-5H2,1-2H3,(H,19,22)(H,18,20,23). The Bertz CT molecular complexity index is 842. The molecule has 1 aromatic heterocycles. The van der Waals surface area contributed by atoms with Crippen molar-refractivity contribution in [1.29, 1.82) is 0 Å². The first-order valence-electron chi connectivity index (χ1n) is 7.66. The minimum absolute atomic E-state index is 0.000902. The van der Waals surface area contributed by atoms with Gasteiger partial charge < -0.3 is 5.32 Å². The molecule has 0 unspecified atom stereocenters. The number of hydrogen-bond donors (Lipinski definition) is 2. The Labute approximate surface area is 143 Å². The van der Waals surface area contributed by atoms with E-state index in [1.165, 1.54) is 18.3 Å². The number of carbonyl (C=O) groups is 3. The van der Waals surface area contributed by atoms with Crippen molar-refractivity contribution in [2.24, 2.45) is 0 Å². The van der Waals surface area contributed by atoms with E-state index in [-0.39, 0.29) is 17.6 Å². The second kappa shape index (κ2) is 6.52. The molecule has 0 atom stereocenters. The molecule has 0 saturated heterocycles. The summed E-state index contributed by atoms with van der Waals surface area (Å²) < 4.78 is 0. The van der Waals surface area contributed by atoms with E-state index < -0.39 is 0 Å². The Hall–Kier alpha value is -2.54. The Morgan fingerprint density at radius 2 is 2.08 bits per heavy atom. The number of nitrogens with zero attached hydrogens (tertiary/aromatic N) is 1. The lowest BCUT2D eigenvalue weighted by atomic mass is 10.0. The predicted molar refractivity (Wildman–Crippen MR) is 92.8 cm³/mol. The van der Waals surface area contributed by atoms with Crippen molar-refractivity contribution in [3.63, 3.8) is 0 Å². The topological polar surface area (TPSA) is 88.2 Å². The van der Waals surface area contributed by atoms with Crippen LogP contribution >= 0.6 is 11.3 Å². The number of anilines is 2. The number of Topliss-reactive ketones (excluding diaryl/α,β-unsaturated/α-hetero) is 1. The van der Waals surface area contributed by atoms with Crippen molar-refractivity contribution >= 4 is 39.8 Å². The van der Waals surface area contributed by atoms with Crippen LogP contribution in [-0.2, 0) is 11.2 Å². The minimum Gasteiger partial charge on any atom is -0.326 e. The number of hydrogen-bond acceptors (Lipinski definition) is 5. The van der Waals surface area contributed by atoms with Gasteiger partial charge in [0.1, 0.15) is 0 Å². The van der Waals surface area contributed by atoms with E-state index in [1.807, 2.05) is 0 Å². The summed E-state index contributed by atoms with van der Waals surface area (Å²) in [7, 11) is 0. The molecule has 0 bridgehead atoms. The van der Waals surface area contributed by atoms with Gasteiger partial charge in [-0.05, 0) is 43.5 Å². The average Bonchev–Trinajstić information content (AvgIpc) is 2.78. The summed E-state index contributed by atoms with van der Waals surface area (Å²) >= 11 is 1.17. The summed E-state index contributed by atoms with van der Waals surface area (Å²) in [4.78, 5) is 40.2. The fourth-order valence-corrected chi connectivity index (χ4v) is 3.52. The van der Waals surface area contributed by atoms with Crippen molar-refractivity contribution in [3.8, 4) is 0 Å². The number of ketones is 1. The fourth-order valence-electron chi connectivity index (χ4n) is 2.66. The molecule has 0 aliphatic carbocycles. The van der Waals surface area contributed by atoms with Crippen molar-refractivity contribution in [3.05, 3.63) is 39.9 Å². The summed E-state index contributed by atoms with van der Waals surface area (Å²) in [6, 6.07) is 5.22. The highest BCUT2D eigenvalue weighted by atomic mass is 32.1. The average molecular weight is 343 g/mol. The summed E-state index contributed by atoms with van der Waals surface area (Å²) in [6.07, 6.45) is 2.00. The molecule has 24 heavy (non-hydrogen) atoms. The quantitative estimate of drug-likeness (QED) is 0.838. The molecule has 7 heteroatoms. The summed E-state index contributed by atoms with van der Waals surface area (Å²) in [5.74, 6) is -0.343. The van der Waals surface area contributed by atoms with Crippen LogP contribution in [0.1, 0.15) is 51.1 Å². The Balaban J connectivity index is 1.80. The zero-order chi connectivity index (χ0) is 17.3. The molecule has 1 aliphatic heterocycles. The molecule has 124 valence electrons. The number of aryl methyl sites for hydroxylation is 2. The fraction of sp³-hybridized carbons (Fsp3) is 0.294. The molecule has 0 radical (unpaired) electrons. The van der Waals surface area contributed by atoms with Gasteiger partial charge in [-0.2, -0.15) is 0 Å². The predicted octanol–water partition coefficient (Wildman–Crippen LogP) is 3.18. The number of carbonyl (C=O) groups excluding carboxylic acids is 3. The van der Waals surface area contributed by atoms with Gasteiger partial charge in [-0.25, -0.2) is 4.98 Å². The van der Waals surface area contributed by atoms with Crippen LogP contribution in [0, 0.1) is 6.92 Å². The monoisotopic (exact) mass is 343 g/mol. The van der Waals surface area contributed by atoms with Gasteiger partial charge in [0.25, 0.3) is 5.91 Å². The van der Waals surface area contributed by atoms with Crippen LogP contribution in [-0.4, -0.2) is 22.6 Å². The van der Waals surface area contributed by atoms with E-state index in [4.69, 9.17) is 0 Å². The number of rotatable bonds is 3. The first kappa shape index (κ1) is 16.3. The van der Waals surface area contributed by atoms with E-state index in [0.29, 0.717) is 27.7 Å². The van der Waals surface area contributed by atoms with Crippen molar-refractivity contribution in [2.75, 3.05) is 10.6 Å². The number of nitrogens with one attached hydrogen (secondary N) is 2. The molecule has 0 saturated carbocycles. The van der Waals surface area contributed by atoms with Crippen LogP contribution in [0.3, 0.4) is 0 Å². The van der Waals surface area contributed by atoms with Gasteiger partial charge in [0.15, 0.2) is 10.9 Å². The minimum atomic E-state index is -0.280. The lowest BCUT2D eigenvalue weighted by Crippen LogP contribution is -2.13. The van der Waals surface area contributed by atoms with Crippen molar-refractivity contribution in [1.82, 2.24) is 4.98 Å². The Morgan fingerprint density at radius 1 is 1.29 bits per heavy atom. The summed E-state index contributed by atoms with van der Waals surface area (Å²) in [6.45, 7) is 3.22. The molecule has 6 nitrogen and oxygen atoms in total. The molecule has 2 N–H and O–H groups in total. The van der Waals surface area contributed by atoms with Crippen LogP contribution < -0.4 is 10.6 Å². The van der Waals surface area contributed by atoms with Crippen LogP contribution in [0.25, 0.3) is 0 Å². The smallest absolute Gasteiger partial charge is 0.257 e. The van der Waals surface area contributed by atoms with Gasteiger partial charge in [0, 0.05) is 24.6 Å². The van der Waals surface area contributed by atoms with E-state index in [2.05, 4.69) is 15.6 Å². The third-order valence-electron chi connectivity index (χ3n) is 3.83. The molecule has 2 amide bonds. The van der Waals surface area contributed by atoms with Gasteiger partial charge in [-0.15, -0.1) is 0 Å². The first-order valence-corrected chi connectivity index (χ1v) is 8.48. The zero-order valence-electron chi connectivity index (χ0n) is 13.4. The zero-order valence-corrected chi connectivity index (χ0v) is 14.3. The molecular formula is C17H17N3O3S. The lowest BCUT2D eigenvalue weighted by Gasteiger charge is -2.09. The summed E-state index contributed by atoms with van der Waals surface area (Å²) in [5, 5.41) is 5.99. The second-order valence-corrected chi connectivity index (χ2v) is 6.72. The normalized spacial score (nSPS) is 13.7. The van der Waals surface area contributed by atoms with Crippen molar-refractivity contribution in [2.45, 2.75) is 33.1 Å². The van der Waals surface area contributed by atoms with E-state index in [1.54, 1.807) is 25.1 Å². The van der Waals surface area contributed by atoms with E-state index in [0.717, 1.165) is 24.1 Å². The van der Waals surface area contributed by atoms with Gasteiger partial charge in [0.05, 0.1) is 10.6 Å². The van der Waals surface area contributed by atoms with Crippen LogP contribution in [0.4, 0.5) is 10.8 Å². The maximum atomic E-state index is 12.4. The number of aromatic nitrogens is 1. The van der Waals surface area contributed by atoms with E-state index in [9.17, 15) is 14.4 Å². The lowest BCUT2D eigenvalue weighted by molar-refractivity contribution is -0.116. The largest absolute Gasteiger partial charge is 0.326 e. The molecule has 0 spiro atoms. The van der Waals surface area contributed by atoms with Gasteiger partial charge in [-0.1, -0.05) is 11.3 Å². The maximum Gasteiger partial charge on any atom is 0.257 e. The van der Waals surface area contributed by atoms with Crippen LogP contribution in [0.5, 0.6) is 0 Å².